The van der Waals surface area contributed by atoms with Crippen molar-refractivity contribution in [2.45, 2.75) is 51.3 Å². The van der Waals surface area contributed by atoms with Crippen molar-refractivity contribution in [3.05, 3.63) is 45.3 Å². The van der Waals surface area contributed by atoms with Crippen molar-refractivity contribution in [3.63, 3.8) is 0 Å². The lowest BCUT2D eigenvalue weighted by Gasteiger charge is -2.36. The molecule has 2 unspecified atom stereocenters. The highest BCUT2D eigenvalue weighted by atomic mass is 79.9. The molecule has 9 nitrogen and oxygen atoms in total. The number of hydrogen-bond donors (Lipinski definition) is 4. The largest absolute Gasteiger partial charge is 0.463 e. The molecule has 0 amide bonds. The van der Waals surface area contributed by atoms with Gasteiger partial charge < -0.3 is 20.9 Å². The average molecular weight is 537 g/mol. The van der Waals surface area contributed by atoms with E-state index in [0.29, 0.717) is 22.3 Å². The Morgan fingerprint density at radius 3 is 2.88 bits per heavy atom. The van der Waals surface area contributed by atoms with Crippen molar-refractivity contribution in [2.24, 2.45) is 15.7 Å². The topological polar surface area (TPSA) is 136 Å². The molecule has 1 aromatic rings. The summed E-state index contributed by atoms with van der Waals surface area (Å²) in [7, 11) is 0. The first kappa shape index (κ1) is 26.0. The lowest BCUT2D eigenvalue weighted by atomic mass is 9.94. The molecule has 1 saturated heterocycles. The molecular weight excluding hydrogens is 507 g/mol. The number of hydrogen-bond acceptors (Lipinski definition) is 7. The van der Waals surface area contributed by atoms with Crippen LogP contribution in [0.1, 0.15) is 45.2 Å². The third kappa shape index (κ3) is 5.70. The molecule has 5 N–H and O–H groups in total. The van der Waals surface area contributed by atoms with Crippen LogP contribution in [0.3, 0.4) is 0 Å². The fraction of sp³-hybridized carbons (Fsp3) is 0.478. The van der Waals surface area contributed by atoms with Crippen LogP contribution in [0.2, 0.25) is 0 Å². The summed E-state index contributed by atoms with van der Waals surface area (Å²) in [4.78, 5) is 23.7. The van der Waals surface area contributed by atoms with Crippen molar-refractivity contribution < 1.29 is 19.0 Å². The predicted octanol–water partition coefficient (Wildman–Crippen LogP) is 2.65. The van der Waals surface area contributed by atoms with E-state index in [1.165, 1.54) is 12.1 Å². The third-order valence-electron chi connectivity index (χ3n) is 5.87. The second kappa shape index (κ2) is 10.7. The molecule has 2 atom stereocenters. The number of aliphatic imine (C=N–C) groups is 2. The molecule has 2 aliphatic rings. The zero-order valence-corrected chi connectivity index (χ0v) is 21.0. The maximum Gasteiger partial charge on any atom is 0.338 e. The summed E-state index contributed by atoms with van der Waals surface area (Å²) in [6, 6.07) is 3.17. The van der Waals surface area contributed by atoms with Gasteiger partial charge >= 0.3 is 5.97 Å². The van der Waals surface area contributed by atoms with E-state index in [0.717, 1.165) is 25.7 Å². The molecule has 34 heavy (non-hydrogen) atoms. The lowest BCUT2D eigenvalue weighted by molar-refractivity contribution is -0.139. The van der Waals surface area contributed by atoms with Gasteiger partial charge in [0.25, 0.3) is 0 Å². The molecule has 1 fully saturated rings. The SMILES string of the molecule is CCOC(=O)C1=C(CN2CCCC2C(C)(C)O)NC(C(N)=NC=N)=NC1c1ccc(F)cc1Br. The fourth-order valence-corrected chi connectivity index (χ4v) is 4.96. The molecule has 0 aromatic heterocycles. The second-order valence-electron chi connectivity index (χ2n) is 8.71. The van der Waals surface area contributed by atoms with Crippen LogP contribution >= 0.6 is 15.9 Å². The average Bonchev–Trinajstić information content (AvgIpc) is 3.22. The molecule has 0 radical (unpaired) electrons. The number of nitrogens with one attached hydrogen (secondary N) is 2. The minimum Gasteiger partial charge on any atom is -0.463 e. The molecule has 0 saturated carbocycles. The van der Waals surface area contributed by atoms with E-state index in [1.54, 1.807) is 26.8 Å². The van der Waals surface area contributed by atoms with Crippen molar-refractivity contribution >= 4 is 39.9 Å². The van der Waals surface area contributed by atoms with Gasteiger partial charge in [0.1, 0.15) is 18.2 Å². The molecule has 3 rings (SSSR count). The van der Waals surface area contributed by atoms with Gasteiger partial charge in [0.05, 0.1) is 17.8 Å². The number of nitrogens with zero attached hydrogens (tertiary/aromatic N) is 3. The van der Waals surface area contributed by atoms with Crippen LogP contribution in [0.5, 0.6) is 0 Å². The normalized spacial score (nSPS) is 21.8. The maximum atomic E-state index is 13.8. The van der Waals surface area contributed by atoms with Gasteiger partial charge in [-0.3, -0.25) is 15.3 Å². The van der Waals surface area contributed by atoms with E-state index in [1.807, 2.05) is 0 Å². The van der Waals surface area contributed by atoms with Crippen LogP contribution in [0.25, 0.3) is 0 Å². The van der Waals surface area contributed by atoms with E-state index < -0.39 is 23.4 Å². The van der Waals surface area contributed by atoms with E-state index in [2.05, 4.69) is 36.1 Å². The fourth-order valence-electron chi connectivity index (χ4n) is 4.40. The van der Waals surface area contributed by atoms with Crippen LogP contribution in [-0.4, -0.2) is 65.3 Å². The highest BCUT2D eigenvalue weighted by Crippen LogP contribution is 2.37. The molecule has 2 aliphatic heterocycles. The van der Waals surface area contributed by atoms with Gasteiger partial charge in [0.2, 0.25) is 0 Å². The van der Waals surface area contributed by atoms with Crippen molar-refractivity contribution in [1.29, 1.82) is 5.41 Å². The van der Waals surface area contributed by atoms with Gasteiger partial charge in [-0.25, -0.2) is 14.2 Å². The maximum absolute atomic E-state index is 13.8. The van der Waals surface area contributed by atoms with Crippen molar-refractivity contribution in [2.75, 3.05) is 19.7 Å². The van der Waals surface area contributed by atoms with Crippen LogP contribution < -0.4 is 11.1 Å². The summed E-state index contributed by atoms with van der Waals surface area (Å²) in [6.07, 6.45) is 2.52. The van der Waals surface area contributed by atoms with Gasteiger partial charge in [0.15, 0.2) is 11.7 Å². The zero-order valence-electron chi connectivity index (χ0n) is 19.4. The summed E-state index contributed by atoms with van der Waals surface area (Å²) >= 11 is 3.38. The number of carbonyl (C=O) groups excluding carboxylic acids is 1. The standard InChI is InChI=1S/C23H30BrFN6O3/c1-4-34-22(32)18-16(11-31-9-5-6-17(31)23(2,3)33)29-21(20(27)28-12-26)30-19(18)14-8-7-13(25)10-15(14)24/h7-8,10,12,17,19,33H,4-6,9,11H2,1-3H3,(H,29,30)(H3,26,27,28). The van der Waals surface area contributed by atoms with Crippen molar-refractivity contribution in [1.82, 2.24) is 10.2 Å². The number of nitrogens with two attached hydrogens (primary N) is 1. The Bertz CT molecular complexity index is 1050. The Morgan fingerprint density at radius 2 is 2.26 bits per heavy atom. The highest BCUT2D eigenvalue weighted by Gasteiger charge is 2.39. The van der Waals surface area contributed by atoms with Crippen LogP contribution in [-0.2, 0) is 9.53 Å². The van der Waals surface area contributed by atoms with Crippen molar-refractivity contribution in [3.8, 4) is 0 Å². The first-order valence-corrected chi connectivity index (χ1v) is 11.8. The number of halogens is 2. The van der Waals surface area contributed by atoms with E-state index in [-0.39, 0.29) is 29.9 Å². The quantitative estimate of drug-likeness (QED) is 0.229. The van der Waals surface area contributed by atoms with Crippen LogP contribution in [0.4, 0.5) is 4.39 Å². The van der Waals surface area contributed by atoms with E-state index in [4.69, 9.17) is 15.9 Å². The number of ether oxygens (including phenoxy) is 1. The van der Waals surface area contributed by atoms with Crippen LogP contribution in [0, 0.1) is 11.2 Å². The van der Waals surface area contributed by atoms with Gasteiger partial charge in [-0.1, -0.05) is 22.0 Å². The Kier molecular flexibility index (Phi) is 8.21. The smallest absolute Gasteiger partial charge is 0.338 e. The lowest BCUT2D eigenvalue weighted by Crippen LogP contribution is -2.49. The summed E-state index contributed by atoms with van der Waals surface area (Å²) in [5.41, 5.74) is 6.43. The number of esters is 1. The first-order valence-electron chi connectivity index (χ1n) is 11.1. The summed E-state index contributed by atoms with van der Waals surface area (Å²) in [5, 5.41) is 21.1. The van der Waals surface area contributed by atoms with E-state index in [9.17, 15) is 14.3 Å². The molecule has 0 spiro atoms. The van der Waals surface area contributed by atoms with Gasteiger partial charge in [-0.15, -0.1) is 0 Å². The second-order valence-corrected chi connectivity index (χ2v) is 9.56. The van der Waals surface area contributed by atoms with E-state index >= 15 is 0 Å². The Labute approximate surface area is 206 Å². The molecule has 0 aliphatic carbocycles. The monoisotopic (exact) mass is 536 g/mol. The first-order chi connectivity index (χ1) is 16.1. The summed E-state index contributed by atoms with van der Waals surface area (Å²) < 4.78 is 19.6. The number of aliphatic hydroxyl groups is 1. The highest BCUT2D eigenvalue weighted by molar-refractivity contribution is 9.10. The number of likely N-dealkylation sites (tertiary alicyclic amines) is 1. The molecular formula is C23H30BrFN6O3. The van der Waals surface area contributed by atoms with Gasteiger partial charge in [0, 0.05) is 22.8 Å². The number of carbonyl (C=O) groups is 1. The Morgan fingerprint density at radius 1 is 1.53 bits per heavy atom. The number of amidine groups is 2. The van der Waals surface area contributed by atoms with Gasteiger partial charge in [-0.05, 0) is 57.9 Å². The molecule has 0 bridgehead atoms. The molecule has 184 valence electrons. The number of rotatable bonds is 8. The Hall–Kier alpha value is -2.63. The summed E-state index contributed by atoms with van der Waals surface area (Å²) in [6.45, 7) is 6.45. The molecule has 2 heterocycles. The summed E-state index contributed by atoms with van der Waals surface area (Å²) in [5.74, 6) is -0.841. The number of benzene rings is 1. The minimum atomic E-state index is -0.938. The predicted molar refractivity (Wildman–Crippen MR) is 132 cm³/mol. The molecule has 1 aromatic carbocycles. The Balaban J connectivity index is 2.16. The third-order valence-corrected chi connectivity index (χ3v) is 6.55. The van der Waals surface area contributed by atoms with Gasteiger partial charge in [-0.2, -0.15) is 0 Å². The minimum absolute atomic E-state index is 0.0286. The zero-order chi connectivity index (χ0) is 25.0. The van der Waals surface area contributed by atoms with Crippen LogP contribution in [0.15, 0.2) is 43.9 Å². The molecule has 11 heteroatoms.